The summed E-state index contributed by atoms with van der Waals surface area (Å²) >= 11 is 1.23. The Bertz CT molecular complexity index is 1280. The van der Waals surface area contributed by atoms with Crippen LogP contribution in [0.25, 0.3) is 21.9 Å². The molecular weight excluding hydrogens is 388 g/mol. The number of rotatable bonds is 5. The maximum absolute atomic E-state index is 13.0. The third-order valence-corrected chi connectivity index (χ3v) is 5.80. The van der Waals surface area contributed by atoms with Gasteiger partial charge in [0.15, 0.2) is 5.16 Å². The molecule has 1 N–H and O–H groups in total. The topological polar surface area (TPSA) is 78.2 Å². The van der Waals surface area contributed by atoms with Crippen molar-refractivity contribution in [3.63, 3.8) is 0 Å². The van der Waals surface area contributed by atoms with Gasteiger partial charge in [-0.3, -0.25) is 14.2 Å². The zero-order valence-corrected chi connectivity index (χ0v) is 17.1. The van der Waals surface area contributed by atoms with E-state index < -0.39 is 0 Å². The van der Waals surface area contributed by atoms with Crippen LogP contribution in [0.15, 0.2) is 58.5 Å². The molecule has 8 heteroatoms. The molecule has 2 heterocycles. The number of carbonyl (C=O) groups is 1. The largest absolute Gasteiger partial charge is 0.497 e. The number of carbonyl (C=O) groups excluding carboxylic acids is 1. The van der Waals surface area contributed by atoms with Crippen molar-refractivity contribution < 1.29 is 9.53 Å². The minimum atomic E-state index is -0.157. The van der Waals surface area contributed by atoms with Gasteiger partial charge in [0.05, 0.1) is 18.4 Å². The molecule has 2 aromatic carbocycles. The van der Waals surface area contributed by atoms with E-state index >= 15 is 0 Å². The summed E-state index contributed by atoms with van der Waals surface area (Å²) < 4.78 is 8.65. The average Bonchev–Trinajstić information content (AvgIpc) is 3.01. The SMILES string of the molecule is COc1ccc2c(c1)c1nc(SCC(=O)Nc3ccccc3)n(C)c(=O)c1n2C. The third-order valence-electron chi connectivity index (χ3n) is 4.77. The molecule has 0 aliphatic heterocycles. The molecule has 0 spiro atoms. The number of hydrogen-bond acceptors (Lipinski definition) is 5. The first-order valence-corrected chi connectivity index (χ1v) is 9.99. The molecule has 0 saturated heterocycles. The molecule has 0 bridgehead atoms. The first-order valence-electron chi connectivity index (χ1n) is 9.00. The maximum atomic E-state index is 13.0. The van der Waals surface area contributed by atoms with Crippen LogP contribution >= 0.6 is 11.8 Å². The van der Waals surface area contributed by atoms with E-state index in [4.69, 9.17) is 9.72 Å². The van der Waals surface area contributed by atoms with Gasteiger partial charge in [0.1, 0.15) is 16.8 Å². The van der Waals surface area contributed by atoms with Crippen LogP contribution in [0, 0.1) is 0 Å². The fourth-order valence-electron chi connectivity index (χ4n) is 3.28. The highest BCUT2D eigenvalue weighted by atomic mass is 32.2. The van der Waals surface area contributed by atoms with Gasteiger partial charge >= 0.3 is 0 Å². The van der Waals surface area contributed by atoms with E-state index in [1.807, 2.05) is 60.1 Å². The van der Waals surface area contributed by atoms with Crippen molar-refractivity contribution in [1.29, 1.82) is 0 Å². The van der Waals surface area contributed by atoms with Crippen LogP contribution in [0.2, 0.25) is 0 Å². The summed E-state index contributed by atoms with van der Waals surface area (Å²) in [6.45, 7) is 0. The zero-order valence-electron chi connectivity index (χ0n) is 16.3. The van der Waals surface area contributed by atoms with Crippen molar-refractivity contribution in [2.45, 2.75) is 5.16 Å². The van der Waals surface area contributed by atoms with E-state index in [9.17, 15) is 9.59 Å². The van der Waals surface area contributed by atoms with Crippen LogP contribution in [0.5, 0.6) is 5.75 Å². The van der Waals surface area contributed by atoms with Crippen LogP contribution in [0.4, 0.5) is 5.69 Å². The van der Waals surface area contributed by atoms with Gasteiger partial charge in [0, 0.05) is 25.2 Å². The van der Waals surface area contributed by atoms with Crippen LogP contribution in [0.1, 0.15) is 0 Å². The van der Waals surface area contributed by atoms with Crippen molar-refractivity contribution in [3.8, 4) is 5.75 Å². The molecular formula is C21H20N4O3S. The molecule has 0 fully saturated rings. The summed E-state index contributed by atoms with van der Waals surface area (Å²) in [4.78, 5) is 30.0. The van der Waals surface area contributed by atoms with Crippen LogP contribution in [-0.4, -0.2) is 32.9 Å². The second-order valence-electron chi connectivity index (χ2n) is 6.60. The summed E-state index contributed by atoms with van der Waals surface area (Å²) in [5, 5.41) is 4.17. The van der Waals surface area contributed by atoms with Gasteiger partial charge in [0.2, 0.25) is 5.91 Å². The normalized spacial score (nSPS) is 11.1. The molecule has 0 unspecified atom stereocenters. The molecule has 0 aliphatic carbocycles. The highest BCUT2D eigenvalue weighted by Crippen LogP contribution is 2.29. The number of aryl methyl sites for hydroxylation is 1. The predicted molar refractivity (Wildman–Crippen MR) is 116 cm³/mol. The van der Waals surface area contributed by atoms with Gasteiger partial charge in [-0.15, -0.1) is 0 Å². The van der Waals surface area contributed by atoms with Crippen molar-refractivity contribution in [3.05, 3.63) is 58.9 Å². The first kappa shape index (κ1) is 19.1. The van der Waals surface area contributed by atoms with Crippen molar-refractivity contribution >= 4 is 45.3 Å². The highest BCUT2D eigenvalue weighted by Gasteiger charge is 2.18. The molecule has 4 aromatic rings. The number of ether oxygens (including phenoxy) is 1. The molecule has 0 radical (unpaired) electrons. The quantitative estimate of drug-likeness (QED) is 0.405. The summed E-state index contributed by atoms with van der Waals surface area (Å²) in [6.07, 6.45) is 0. The Morgan fingerprint density at radius 2 is 1.90 bits per heavy atom. The predicted octanol–water partition coefficient (Wildman–Crippen LogP) is 3.16. The number of nitrogens with zero attached hydrogens (tertiary/aromatic N) is 3. The number of benzene rings is 2. The Labute approximate surface area is 171 Å². The fraction of sp³-hybridized carbons (Fsp3) is 0.190. The second kappa shape index (κ2) is 7.63. The number of thioether (sulfide) groups is 1. The number of methoxy groups -OCH3 is 1. The number of para-hydroxylation sites is 1. The van der Waals surface area contributed by atoms with Crippen LogP contribution < -0.4 is 15.6 Å². The molecule has 7 nitrogen and oxygen atoms in total. The average molecular weight is 408 g/mol. The third kappa shape index (κ3) is 3.47. The zero-order chi connectivity index (χ0) is 20.5. The Kier molecular flexibility index (Phi) is 5.02. The Balaban J connectivity index is 1.69. The number of nitrogens with one attached hydrogen (secondary N) is 1. The molecule has 4 rings (SSSR count). The summed E-state index contributed by atoms with van der Waals surface area (Å²) in [6, 6.07) is 14.9. The molecule has 0 saturated carbocycles. The van der Waals surface area contributed by atoms with Crippen molar-refractivity contribution in [2.75, 3.05) is 18.2 Å². The summed E-state index contributed by atoms with van der Waals surface area (Å²) in [5.74, 6) is 0.688. The molecule has 29 heavy (non-hydrogen) atoms. The molecule has 0 atom stereocenters. The number of anilines is 1. The lowest BCUT2D eigenvalue weighted by Crippen LogP contribution is -2.22. The van der Waals surface area contributed by atoms with E-state index in [1.165, 1.54) is 16.3 Å². The van der Waals surface area contributed by atoms with Gasteiger partial charge < -0.3 is 14.6 Å². The number of fused-ring (bicyclic) bond motifs is 3. The van der Waals surface area contributed by atoms with Crippen molar-refractivity contribution in [1.82, 2.24) is 14.1 Å². The van der Waals surface area contributed by atoms with E-state index in [2.05, 4.69) is 5.32 Å². The molecule has 2 aromatic heterocycles. The van der Waals surface area contributed by atoms with Gasteiger partial charge in [-0.25, -0.2) is 4.98 Å². The standard InChI is InChI=1S/C21H20N4O3S/c1-24-16-10-9-14(28-3)11-15(16)18-19(24)20(27)25(2)21(23-18)29-12-17(26)22-13-7-5-4-6-8-13/h4-11H,12H2,1-3H3,(H,22,26). The Morgan fingerprint density at radius 3 is 2.62 bits per heavy atom. The lowest BCUT2D eigenvalue weighted by Gasteiger charge is -2.08. The molecule has 0 aliphatic rings. The smallest absolute Gasteiger partial charge is 0.278 e. The number of amides is 1. The summed E-state index contributed by atoms with van der Waals surface area (Å²) in [7, 11) is 5.12. The number of aromatic nitrogens is 3. The summed E-state index contributed by atoms with van der Waals surface area (Å²) in [5.41, 5.74) is 2.61. The van der Waals surface area contributed by atoms with Gasteiger partial charge in [-0.05, 0) is 30.3 Å². The monoisotopic (exact) mass is 408 g/mol. The van der Waals surface area contributed by atoms with Crippen molar-refractivity contribution in [2.24, 2.45) is 14.1 Å². The minimum absolute atomic E-state index is 0.148. The van der Waals surface area contributed by atoms with E-state index in [1.54, 1.807) is 14.2 Å². The lowest BCUT2D eigenvalue weighted by atomic mass is 10.2. The van der Waals surface area contributed by atoms with Crippen LogP contribution in [0.3, 0.4) is 0 Å². The van der Waals surface area contributed by atoms with Crippen LogP contribution in [-0.2, 0) is 18.9 Å². The Morgan fingerprint density at radius 1 is 1.14 bits per heavy atom. The highest BCUT2D eigenvalue weighted by molar-refractivity contribution is 7.99. The van der Waals surface area contributed by atoms with Gasteiger partial charge in [0.25, 0.3) is 5.56 Å². The Hall–Kier alpha value is -3.26. The van der Waals surface area contributed by atoms with E-state index in [-0.39, 0.29) is 17.2 Å². The molecule has 148 valence electrons. The van der Waals surface area contributed by atoms with Gasteiger partial charge in [-0.1, -0.05) is 30.0 Å². The minimum Gasteiger partial charge on any atom is -0.497 e. The maximum Gasteiger partial charge on any atom is 0.278 e. The number of hydrogen-bond donors (Lipinski definition) is 1. The first-order chi connectivity index (χ1) is 14.0. The molecule has 1 amide bonds. The van der Waals surface area contributed by atoms with E-state index in [0.717, 1.165) is 16.6 Å². The lowest BCUT2D eigenvalue weighted by molar-refractivity contribution is -0.113. The van der Waals surface area contributed by atoms with Gasteiger partial charge in [-0.2, -0.15) is 0 Å². The second-order valence-corrected chi connectivity index (χ2v) is 7.54. The fourth-order valence-corrected chi connectivity index (χ4v) is 4.05. The van der Waals surface area contributed by atoms with E-state index in [0.29, 0.717) is 21.9 Å².